The lowest BCUT2D eigenvalue weighted by Crippen LogP contribution is -2.48. The minimum Gasteiger partial charge on any atom is -0.497 e. The molecule has 1 saturated heterocycles. The Hall–Kier alpha value is -2.28. The smallest absolute Gasteiger partial charge is 0.326 e. The summed E-state index contributed by atoms with van der Waals surface area (Å²) in [5.41, 5.74) is 0.838. The summed E-state index contributed by atoms with van der Waals surface area (Å²) in [6.45, 7) is 1.01. The third-order valence-corrected chi connectivity index (χ3v) is 4.36. The van der Waals surface area contributed by atoms with Crippen LogP contribution in [0.4, 0.5) is 0 Å². The number of amides is 1. The van der Waals surface area contributed by atoms with E-state index in [1.165, 1.54) is 0 Å². The number of aliphatic carboxylic acids is 1. The van der Waals surface area contributed by atoms with E-state index in [0.717, 1.165) is 18.4 Å². The molecule has 1 aromatic carbocycles. The van der Waals surface area contributed by atoms with Crippen molar-refractivity contribution in [3.63, 3.8) is 0 Å². The zero-order valence-electron chi connectivity index (χ0n) is 14.6. The number of carbonyl (C=O) groups excluding carboxylic acids is 1. The summed E-state index contributed by atoms with van der Waals surface area (Å²) >= 11 is 0. The van der Waals surface area contributed by atoms with Crippen LogP contribution in [-0.2, 0) is 20.7 Å². The van der Waals surface area contributed by atoms with Crippen LogP contribution in [0.1, 0.15) is 24.8 Å². The number of hydrogen-bond acceptors (Lipinski definition) is 5. The van der Waals surface area contributed by atoms with Crippen LogP contribution in [0, 0.1) is 5.92 Å². The molecule has 7 heteroatoms. The maximum Gasteiger partial charge on any atom is 0.326 e. The fourth-order valence-corrected chi connectivity index (χ4v) is 2.98. The fraction of sp³-hybridized carbons (Fsp3) is 0.556. The first kappa shape index (κ1) is 19.1. The first-order valence-electron chi connectivity index (χ1n) is 8.36. The number of benzene rings is 1. The molecule has 0 radical (unpaired) electrons. The molecule has 0 aliphatic carbocycles. The zero-order chi connectivity index (χ0) is 18.2. The second-order valence-electron chi connectivity index (χ2n) is 6.04. The summed E-state index contributed by atoms with van der Waals surface area (Å²) in [5, 5.41) is 12.0. The van der Waals surface area contributed by atoms with Gasteiger partial charge >= 0.3 is 5.97 Å². The van der Waals surface area contributed by atoms with Gasteiger partial charge < -0.3 is 24.6 Å². The molecule has 1 aliphatic rings. The largest absolute Gasteiger partial charge is 0.497 e. The molecule has 1 aliphatic heterocycles. The number of hydrogen-bond donors (Lipinski definition) is 2. The number of carboxylic acid groups (broad SMARTS) is 1. The molecule has 2 rings (SSSR count). The quantitative estimate of drug-likeness (QED) is 0.739. The highest BCUT2D eigenvalue weighted by atomic mass is 16.5. The number of aryl methyl sites for hydroxylation is 1. The molecule has 1 heterocycles. The van der Waals surface area contributed by atoms with E-state index in [1.54, 1.807) is 26.4 Å². The molecular formula is C18H25NO6. The van der Waals surface area contributed by atoms with Gasteiger partial charge in [-0.1, -0.05) is 0 Å². The molecule has 2 N–H and O–H groups in total. The number of carbonyl (C=O) groups is 2. The zero-order valence-corrected chi connectivity index (χ0v) is 14.6. The summed E-state index contributed by atoms with van der Waals surface area (Å²) < 4.78 is 15.8. The first-order chi connectivity index (χ1) is 12.0. The van der Waals surface area contributed by atoms with Gasteiger partial charge in [-0.15, -0.1) is 0 Å². The molecular weight excluding hydrogens is 326 g/mol. The van der Waals surface area contributed by atoms with E-state index in [9.17, 15) is 14.7 Å². The van der Waals surface area contributed by atoms with Gasteiger partial charge in [-0.2, -0.15) is 0 Å². The lowest BCUT2D eigenvalue weighted by molar-refractivity contribution is -0.145. The average Bonchev–Trinajstić information content (AvgIpc) is 2.64. The van der Waals surface area contributed by atoms with Crippen molar-refractivity contribution in [2.75, 3.05) is 27.4 Å². The summed E-state index contributed by atoms with van der Waals surface area (Å²) in [4.78, 5) is 23.7. The lowest BCUT2D eigenvalue weighted by Gasteiger charge is -2.28. The van der Waals surface area contributed by atoms with E-state index < -0.39 is 12.0 Å². The third-order valence-electron chi connectivity index (χ3n) is 4.36. The number of rotatable bonds is 8. The standard InChI is InChI=1S/C18H25NO6/c1-23-14-6-7-15(24-2)12(10-14)5-8-16(20)19-17(18(21)22)13-4-3-9-25-11-13/h6-7,10,13,17H,3-5,8-9,11H2,1-2H3,(H,19,20)(H,21,22). The Labute approximate surface area is 147 Å². The predicted octanol–water partition coefficient (Wildman–Crippen LogP) is 1.63. The van der Waals surface area contributed by atoms with Gasteiger partial charge in [-0.3, -0.25) is 4.79 Å². The normalized spacial score (nSPS) is 18.2. The van der Waals surface area contributed by atoms with Crippen molar-refractivity contribution in [1.82, 2.24) is 5.32 Å². The Morgan fingerprint density at radius 2 is 2.16 bits per heavy atom. The van der Waals surface area contributed by atoms with Gasteiger partial charge in [0.05, 0.1) is 20.8 Å². The summed E-state index contributed by atoms with van der Waals surface area (Å²) in [6.07, 6.45) is 2.15. The Kier molecular flexibility index (Phi) is 7.06. The van der Waals surface area contributed by atoms with Crippen molar-refractivity contribution < 1.29 is 28.9 Å². The fourth-order valence-electron chi connectivity index (χ4n) is 2.98. The first-order valence-corrected chi connectivity index (χ1v) is 8.36. The number of ether oxygens (including phenoxy) is 3. The topological polar surface area (TPSA) is 94.1 Å². The third kappa shape index (κ3) is 5.35. The Morgan fingerprint density at radius 3 is 2.76 bits per heavy atom. The van der Waals surface area contributed by atoms with Crippen molar-refractivity contribution in [2.24, 2.45) is 5.92 Å². The Morgan fingerprint density at radius 1 is 1.36 bits per heavy atom. The second kappa shape index (κ2) is 9.27. The highest BCUT2D eigenvalue weighted by molar-refractivity contribution is 5.84. The Bertz CT molecular complexity index is 597. The summed E-state index contributed by atoms with van der Waals surface area (Å²) in [6, 6.07) is 4.47. The Balaban J connectivity index is 1.95. The van der Waals surface area contributed by atoms with Crippen LogP contribution < -0.4 is 14.8 Å². The van der Waals surface area contributed by atoms with E-state index in [2.05, 4.69) is 5.32 Å². The van der Waals surface area contributed by atoms with Crippen LogP contribution in [0.15, 0.2) is 18.2 Å². The molecule has 138 valence electrons. The molecule has 25 heavy (non-hydrogen) atoms. The van der Waals surface area contributed by atoms with E-state index in [0.29, 0.717) is 31.1 Å². The minimum absolute atomic E-state index is 0.168. The average molecular weight is 351 g/mol. The van der Waals surface area contributed by atoms with Crippen LogP contribution in [-0.4, -0.2) is 50.5 Å². The van der Waals surface area contributed by atoms with E-state index in [-0.39, 0.29) is 18.2 Å². The van der Waals surface area contributed by atoms with Crippen molar-refractivity contribution >= 4 is 11.9 Å². The van der Waals surface area contributed by atoms with Crippen molar-refractivity contribution in [3.05, 3.63) is 23.8 Å². The number of carboxylic acids is 1. The van der Waals surface area contributed by atoms with E-state index >= 15 is 0 Å². The van der Waals surface area contributed by atoms with Gasteiger partial charge in [0.15, 0.2) is 0 Å². The summed E-state index contributed by atoms with van der Waals surface area (Å²) in [7, 11) is 3.14. The van der Waals surface area contributed by atoms with Crippen LogP contribution in [0.3, 0.4) is 0 Å². The SMILES string of the molecule is COc1ccc(OC)c(CCC(=O)NC(C(=O)O)C2CCCOC2)c1. The van der Waals surface area contributed by atoms with Crippen LogP contribution in [0.25, 0.3) is 0 Å². The van der Waals surface area contributed by atoms with Gasteiger partial charge in [0.2, 0.25) is 5.91 Å². The molecule has 0 spiro atoms. The minimum atomic E-state index is -1.03. The molecule has 1 amide bonds. The van der Waals surface area contributed by atoms with Crippen molar-refractivity contribution in [2.45, 2.75) is 31.7 Å². The van der Waals surface area contributed by atoms with Gasteiger partial charge in [-0.25, -0.2) is 4.79 Å². The molecule has 1 aromatic rings. The van der Waals surface area contributed by atoms with Crippen LogP contribution in [0.2, 0.25) is 0 Å². The van der Waals surface area contributed by atoms with E-state index in [1.807, 2.05) is 6.07 Å². The monoisotopic (exact) mass is 351 g/mol. The van der Waals surface area contributed by atoms with Crippen molar-refractivity contribution in [3.8, 4) is 11.5 Å². The van der Waals surface area contributed by atoms with Gasteiger partial charge in [0.1, 0.15) is 17.5 Å². The molecule has 0 saturated carbocycles. The lowest BCUT2D eigenvalue weighted by atomic mass is 9.93. The molecule has 1 fully saturated rings. The predicted molar refractivity (Wildman–Crippen MR) is 91.0 cm³/mol. The molecule has 2 atom stereocenters. The maximum absolute atomic E-state index is 12.2. The molecule has 0 aromatic heterocycles. The number of methoxy groups -OCH3 is 2. The van der Waals surface area contributed by atoms with Gasteiger partial charge in [0, 0.05) is 18.9 Å². The highest BCUT2D eigenvalue weighted by Gasteiger charge is 2.31. The highest BCUT2D eigenvalue weighted by Crippen LogP contribution is 2.25. The molecule has 7 nitrogen and oxygen atoms in total. The van der Waals surface area contributed by atoms with Crippen LogP contribution in [0.5, 0.6) is 11.5 Å². The van der Waals surface area contributed by atoms with Gasteiger partial charge in [-0.05, 0) is 43.0 Å². The van der Waals surface area contributed by atoms with Crippen molar-refractivity contribution in [1.29, 1.82) is 0 Å². The molecule has 0 bridgehead atoms. The summed E-state index contributed by atoms with van der Waals surface area (Å²) in [5.74, 6) is -0.171. The van der Waals surface area contributed by atoms with Gasteiger partial charge in [0.25, 0.3) is 0 Å². The van der Waals surface area contributed by atoms with Crippen LogP contribution >= 0.6 is 0 Å². The second-order valence-corrected chi connectivity index (χ2v) is 6.04. The number of nitrogens with one attached hydrogen (secondary N) is 1. The molecule has 2 unspecified atom stereocenters. The maximum atomic E-state index is 12.2. The van der Waals surface area contributed by atoms with E-state index in [4.69, 9.17) is 14.2 Å².